The maximum absolute atomic E-state index is 11.8. The minimum Gasteiger partial charge on any atom is -0.388 e. The lowest BCUT2D eigenvalue weighted by atomic mass is 10.1. The van der Waals surface area contributed by atoms with Gasteiger partial charge in [-0.15, -0.1) is 0 Å². The average molecular weight is 352 g/mol. The number of rotatable bonds is 11. The summed E-state index contributed by atoms with van der Waals surface area (Å²) < 4.78 is 5.13. The summed E-state index contributed by atoms with van der Waals surface area (Å²) in [6.07, 6.45) is 15.9. The van der Waals surface area contributed by atoms with Crippen LogP contribution in [-0.2, 0) is 17.6 Å². The highest BCUT2D eigenvalue weighted by molar-refractivity contribution is 5.83. The lowest BCUT2D eigenvalue weighted by Gasteiger charge is -2.03. The zero-order valence-electron chi connectivity index (χ0n) is 15.6. The van der Waals surface area contributed by atoms with Gasteiger partial charge in [-0.2, -0.15) is 0 Å². The first-order valence-electron chi connectivity index (χ1n) is 9.51. The summed E-state index contributed by atoms with van der Waals surface area (Å²) >= 11 is 0. The van der Waals surface area contributed by atoms with Crippen molar-refractivity contribution >= 4 is 5.97 Å². The van der Waals surface area contributed by atoms with Gasteiger partial charge in [0.05, 0.1) is 0 Å². The van der Waals surface area contributed by atoms with Crippen LogP contribution in [0, 0.1) is 0 Å². The van der Waals surface area contributed by atoms with Gasteiger partial charge in [-0.05, 0) is 30.4 Å². The van der Waals surface area contributed by atoms with Crippen LogP contribution in [0.25, 0.3) is 0 Å². The molecule has 0 N–H and O–H groups in total. The Bertz CT molecular complexity index is 666. The number of nitrogens with zero attached hydrogens (tertiary/aromatic N) is 2. The predicted octanol–water partition coefficient (Wildman–Crippen LogP) is 5.08. The van der Waals surface area contributed by atoms with Crippen molar-refractivity contribution in [2.75, 3.05) is 0 Å². The molecule has 26 heavy (non-hydrogen) atoms. The first-order chi connectivity index (χ1) is 12.8. The quantitative estimate of drug-likeness (QED) is 0.321. The highest BCUT2D eigenvalue weighted by Crippen LogP contribution is 2.10. The van der Waals surface area contributed by atoms with Gasteiger partial charge < -0.3 is 4.74 Å². The Morgan fingerprint density at radius 3 is 2.38 bits per heavy atom. The number of ether oxygens (including phenoxy) is 1. The number of carbonyl (C=O) groups is 1. The van der Waals surface area contributed by atoms with Crippen LogP contribution >= 0.6 is 0 Å². The SMILES string of the molecule is CCCCCCCCc1cnc(OC(=O)C=CCc2ccccc2)nc1. The number of hydrogen-bond donors (Lipinski definition) is 0. The van der Waals surface area contributed by atoms with Crippen LogP contribution in [0.2, 0.25) is 0 Å². The molecular weight excluding hydrogens is 324 g/mol. The third-order valence-corrected chi connectivity index (χ3v) is 4.14. The van der Waals surface area contributed by atoms with E-state index in [-0.39, 0.29) is 6.01 Å². The van der Waals surface area contributed by atoms with Gasteiger partial charge in [-0.3, -0.25) is 0 Å². The van der Waals surface area contributed by atoms with Gasteiger partial charge in [-0.1, -0.05) is 75.4 Å². The fourth-order valence-electron chi connectivity index (χ4n) is 2.66. The van der Waals surface area contributed by atoms with Crippen LogP contribution in [0.15, 0.2) is 54.9 Å². The zero-order chi connectivity index (χ0) is 18.5. The van der Waals surface area contributed by atoms with E-state index in [0.717, 1.165) is 24.0 Å². The van der Waals surface area contributed by atoms with Crippen molar-refractivity contribution in [1.29, 1.82) is 0 Å². The Hall–Kier alpha value is -2.49. The summed E-state index contributed by atoms with van der Waals surface area (Å²) in [4.78, 5) is 20.0. The molecule has 2 aromatic rings. The fraction of sp³-hybridized carbons (Fsp3) is 0.409. The second-order valence-electron chi connectivity index (χ2n) is 6.40. The van der Waals surface area contributed by atoms with Crippen LogP contribution in [0.3, 0.4) is 0 Å². The van der Waals surface area contributed by atoms with Gasteiger partial charge in [0.15, 0.2) is 0 Å². The van der Waals surface area contributed by atoms with Crippen LogP contribution in [0.1, 0.15) is 56.6 Å². The second kappa shape index (κ2) is 12.0. The van der Waals surface area contributed by atoms with E-state index < -0.39 is 5.97 Å². The van der Waals surface area contributed by atoms with Gasteiger partial charge in [0, 0.05) is 18.5 Å². The van der Waals surface area contributed by atoms with Crippen LogP contribution in [-0.4, -0.2) is 15.9 Å². The van der Waals surface area contributed by atoms with Gasteiger partial charge >= 0.3 is 12.0 Å². The molecule has 0 atom stereocenters. The zero-order valence-corrected chi connectivity index (χ0v) is 15.6. The van der Waals surface area contributed by atoms with Gasteiger partial charge in [-0.25, -0.2) is 14.8 Å². The number of aromatic nitrogens is 2. The van der Waals surface area contributed by atoms with Gasteiger partial charge in [0.2, 0.25) is 0 Å². The highest BCUT2D eigenvalue weighted by Gasteiger charge is 2.04. The lowest BCUT2D eigenvalue weighted by Crippen LogP contribution is -2.07. The number of benzene rings is 1. The molecule has 0 spiro atoms. The Kier molecular flexibility index (Phi) is 9.12. The molecule has 0 aliphatic carbocycles. The van der Waals surface area contributed by atoms with Crippen molar-refractivity contribution < 1.29 is 9.53 Å². The molecule has 0 fully saturated rings. The molecule has 0 amide bonds. The largest absolute Gasteiger partial charge is 0.388 e. The molecule has 0 saturated carbocycles. The lowest BCUT2D eigenvalue weighted by molar-refractivity contribution is -0.129. The molecule has 0 bridgehead atoms. The van der Waals surface area contributed by atoms with E-state index in [4.69, 9.17) is 4.74 Å². The number of hydrogen-bond acceptors (Lipinski definition) is 4. The van der Waals surface area contributed by atoms with E-state index >= 15 is 0 Å². The van der Waals surface area contributed by atoms with Crippen molar-refractivity contribution in [3.63, 3.8) is 0 Å². The Morgan fingerprint density at radius 2 is 1.65 bits per heavy atom. The smallest absolute Gasteiger partial charge is 0.338 e. The first kappa shape index (κ1) is 19.8. The summed E-state index contributed by atoms with van der Waals surface area (Å²) in [5.74, 6) is -0.454. The molecule has 4 heteroatoms. The third-order valence-electron chi connectivity index (χ3n) is 4.14. The van der Waals surface area contributed by atoms with Crippen molar-refractivity contribution in [1.82, 2.24) is 9.97 Å². The minimum atomic E-state index is -0.454. The standard InChI is InChI=1S/C22H28N2O2/c1-2-3-4-5-6-8-14-20-17-23-22(24-18-20)26-21(25)16-11-15-19-12-9-7-10-13-19/h7,9-13,16-18H,2-6,8,14-15H2,1H3. The highest BCUT2D eigenvalue weighted by atomic mass is 16.5. The maximum atomic E-state index is 11.8. The van der Waals surface area contributed by atoms with E-state index in [0.29, 0.717) is 6.42 Å². The Balaban J connectivity index is 1.68. The Morgan fingerprint density at radius 1 is 0.962 bits per heavy atom. The molecule has 138 valence electrons. The summed E-state index contributed by atoms with van der Waals surface area (Å²) in [5.41, 5.74) is 2.23. The van der Waals surface area contributed by atoms with E-state index in [1.807, 2.05) is 30.3 Å². The predicted molar refractivity (Wildman–Crippen MR) is 104 cm³/mol. The number of esters is 1. The van der Waals surface area contributed by atoms with E-state index in [2.05, 4.69) is 16.9 Å². The monoisotopic (exact) mass is 352 g/mol. The van der Waals surface area contributed by atoms with Crippen molar-refractivity contribution in [3.8, 4) is 6.01 Å². The van der Waals surface area contributed by atoms with E-state index in [1.54, 1.807) is 18.5 Å². The number of aryl methyl sites for hydroxylation is 1. The van der Waals surface area contributed by atoms with Crippen molar-refractivity contribution in [3.05, 3.63) is 66.0 Å². The van der Waals surface area contributed by atoms with E-state index in [9.17, 15) is 4.79 Å². The molecule has 4 nitrogen and oxygen atoms in total. The Labute approximate surface area is 156 Å². The molecule has 1 heterocycles. The molecule has 0 saturated heterocycles. The molecule has 0 radical (unpaired) electrons. The maximum Gasteiger partial charge on any atom is 0.338 e. The molecule has 1 aromatic heterocycles. The molecular formula is C22H28N2O2. The van der Waals surface area contributed by atoms with Gasteiger partial charge in [0.25, 0.3) is 0 Å². The van der Waals surface area contributed by atoms with Crippen LogP contribution < -0.4 is 4.74 Å². The molecule has 0 unspecified atom stereocenters. The van der Waals surface area contributed by atoms with Crippen LogP contribution in [0.4, 0.5) is 0 Å². The number of allylic oxidation sites excluding steroid dienone is 1. The first-order valence-corrected chi connectivity index (χ1v) is 9.51. The second-order valence-corrected chi connectivity index (χ2v) is 6.40. The molecule has 0 aliphatic heterocycles. The minimum absolute atomic E-state index is 0.103. The van der Waals surface area contributed by atoms with Crippen molar-refractivity contribution in [2.24, 2.45) is 0 Å². The number of carbonyl (C=O) groups excluding carboxylic acids is 1. The topological polar surface area (TPSA) is 52.1 Å². The summed E-state index contributed by atoms with van der Waals surface area (Å²) in [6, 6.07) is 10.0. The average Bonchev–Trinajstić information content (AvgIpc) is 2.67. The third kappa shape index (κ3) is 8.06. The normalized spacial score (nSPS) is 11.0. The summed E-state index contributed by atoms with van der Waals surface area (Å²) in [5, 5.41) is 0. The van der Waals surface area contributed by atoms with Crippen molar-refractivity contribution in [2.45, 2.75) is 58.3 Å². The van der Waals surface area contributed by atoms with Crippen LogP contribution in [0.5, 0.6) is 6.01 Å². The fourth-order valence-corrected chi connectivity index (χ4v) is 2.66. The summed E-state index contributed by atoms with van der Waals surface area (Å²) in [6.45, 7) is 2.23. The molecule has 2 rings (SSSR count). The number of unbranched alkanes of at least 4 members (excludes halogenated alkanes) is 5. The molecule has 0 aliphatic rings. The van der Waals surface area contributed by atoms with Gasteiger partial charge in [0.1, 0.15) is 0 Å². The molecule has 1 aromatic carbocycles. The summed E-state index contributed by atoms with van der Waals surface area (Å²) in [7, 11) is 0. The van der Waals surface area contributed by atoms with E-state index in [1.165, 1.54) is 38.2 Å².